The van der Waals surface area contributed by atoms with E-state index >= 15 is 0 Å². The Morgan fingerprint density at radius 3 is 2.45 bits per heavy atom. The fourth-order valence-electron chi connectivity index (χ4n) is 3.50. The molecule has 1 N–H and O–H groups in total. The molecule has 2 aromatic carbocycles. The molecule has 0 aromatic heterocycles. The highest BCUT2D eigenvalue weighted by molar-refractivity contribution is 5.87. The van der Waals surface area contributed by atoms with Crippen LogP contribution in [0.5, 0.6) is 5.75 Å². The van der Waals surface area contributed by atoms with Crippen molar-refractivity contribution in [1.82, 2.24) is 5.32 Å². The molecule has 2 rings (SSSR count). The summed E-state index contributed by atoms with van der Waals surface area (Å²) in [7, 11) is 1.86. The highest BCUT2D eigenvalue weighted by Crippen LogP contribution is 2.37. The van der Waals surface area contributed by atoms with Crippen LogP contribution < -0.4 is 15.0 Å². The molecule has 0 unspecified atom stereocenters. The fourth-order valence-corrected chi connectivity index (χ4v) is 3.50. The van der Waals surface area contributed by atoms with Crippen LogP contribution in [0.1, 0.15) is 30.5 Å². The van der Waals surface area contributed by atoms with Gasteiger partial charge in [0, 0.05) is 19.6 Å². The molecule has 0 bridgehead atoms. The zero-order chi connectivity index (χ0) is 23.2. The van der Waals surface area contributed by atoms with Gasteiger partial charge >= 0.3 is 6.36 Å². The number of hydrogen-bond donors (Lipinski definition) is 1. The molecule has 0 fully saturated rings. The second-order valence-corrected chi connectivity index (χ2v) is 6.80. The minimum atomic E-state index is -4.74. The Morgan fingerprint density at radius 1 is 1.29 bits per heavy atom. The van der Waals surface area contributed by atoms with Crippen molar-refractivity contribution in [2.45, 2.75) is 40.1 Å². The smallest absolute Gasteiger partial charge is 0.406 e. The summed E-state index contributed by atoms with van der Waals surface area (Å²) in [5.41, 5.74) is 5.34. The molecule has 31 heavy (non-hydrogen) atoms. The number of halogens is 3. The van der Waals surface area contributed by atoms with Gasteiger partial charge in [0.05, 0.1) is 5.69 Å². The van der Waals surface area contributed by atoms with Gasteiger partial charge in [-0.2, -0.15) is 0 Å². The molecule has 7 heteroatoms. The van der Waals surface area contributed by atoms with E-state index < -0.39 is 6.36 Å². The Hall–Kier alpha value is -3.40. The van der Waals surface area contributed by atoms with Gasteiger partial charge in [-0.05, 0) is 72.4 Å². The lowest BCUT2D eigenvalue weighted by Gasteiger charge is -2.24. The molecule has 0 heterocycles. The lowest BCUT2D eigenvalue weighted by molar-refractivity contribution is -0.274. The van der Waals surface area contributed by atoms with Crippen LogP contribution in [0.3, 0.4) is 0 Å². The van der Waals surface area contributed by atoms with Crippen molar-refractivity contribution in [3.63, 3.8) is 0 Å². The summed E-state index contributed by atoms with van der Waals surface area (Å²) in [6, 6.07) is 10.7. The summed E-state index contributed by atoms with van der Waals surface area (Å²) in [5.74, 6) is 2.31. The molecule has 1 amide bonds. The zero-order valence-electron chi connectivity index (χ0n) is 18.0. The molecule has 0 aliphatic heterocycles. The van der Waals surface area contributed by atoms with E-state index in [-0.39, 0.29) is 18.2 Å². The first kappa shape index (κ1) is 23.9. The minimum Gasteiger partial charge on any atom is -0.406 e. The molecule has 4 nitrogen and oxygen atoms in total. The van der Waals surface area contributed by atoms with Gasteiger partial charge in [0.25, 0.3) is 0 Å². The molecule has 0 radical (unpaired) electrons. The summed E-state index contributed by atoms with van der Waals surface area (Å²) in [6.07, 6.45) is -2.83. The number of hydrogen-bond acceptors (Lipinski definition) is 3. The number of benzene rings is 2. The summed E-state index contributed by atoms with van der Waals surface area (Å²) >= 11 is 0. The van der Waals surface area contributed by atoms with Gasteiger partial charge in [0.1, 0.15) is 5.75 Å². The first-order valence-corrected chi connectivity index (χ1v) is 9.69. The summed E-state index contributed by atoms with van der Waals surface area (Å²) in [4.78, 5) is 13.5. The van der Waals surface area contributed by atoms with Crippen LogP contribution in [0, 0.1) is 18.9 Å². The standard InChI is InChI=1S/C24H25F3N2O2/c1-6-13-29(5)23-16(4)21(14-18(20(23)7-2)15-28-22(30)8-3)17-9-11-19(12-10-17)31-24(25,26)27/h8-12,14H,3,7,15H2,1-2,4-5H3,(H,28,30). The second kappa shape index (κ2) is 10.1. The summed E-state index contributed by atoms with van der Waals surface area (Å²) in [5, 5.41) is 2.80. The van der Waals surface area contributed by atoms with Gasteiger partial charge in [-0.3, -0.25) is 4.79 Å². The van der Waals surface area contributed by atoms with Crippen molar-refractivity contribution in [3.05, 3.63) is 59.7 Å². The molecule has 164 valence electrons. The number of amides is 1. The molecule has 0 aliphatic carbocycles. The fraction of sp³-hybridized carbons (Fsp3) is 0.292. The second-order valence-electron chi connectivity index (χ2n) is 6.80. The van der Waals surface area contributed by atoms with Crippen molar-refractivity contribution < 1.29 is 22.7 Å². The third-order valence-electron chi connectivity index (χ3n) is 4.76. The van der Waals surface area contributed by atoms with Crippen molar-refractivity contribution >= 4 is 11.6 Å². The van der Waals surface area contributed by atoms with Crippen molar-refractivity contribution in [1.29, 1.82) is 0 Å². The van der Waals surface area contributed by atoms with Gasteiger partial charge in [-0.15, -0.1) is 13.2 Å². The minimum absolute atomic E-state index is 0.285. The number of nitrogens with zero attached hydrogens (tertiary/aromatic N) is 1. The molecule has 0 spiro atoms. The topological polar surface area (TPSA) is 41.6 Å². The summed E-state index contributed by atoms with van der Waals surface area (Å²) in [6.45, 7) is 9.47. The van der Waals surface area contributed by atoms with E-state index in [0.717, 1.165) is 33.5 Å². The maximum absolute atomic E-state index is 12.5. The third kappa shape index (κ3) is 6.05. The molecule has 0 saturated heterocycles. The number of carbonyl (C=O) groups excluding carboxylic acids is 1. The van der Waals surface area contributed by atoms with Gasteiger partial charge < -0.3 is 15.0 Å². The molecule has 2 aromatic rings. The highest BCUT2D eigenvalue weighted by atomic mass is 19.4. The van der Waals surface area contributed by atoms with Crippen LogP contribution in [0.2, 0.25) is 0 Å². The summed E-state index contributed by atoms with van der Waals surface area (Å²) < 4.78 is 41.4. The number of ether oxygens (including phenoxy) is 1. The predicted octanol–water partition coefficient (Wildman–Crippen LogP) is 5.34. The van der Waals surface area contributed by atoms with Crippen LogP contribution in [0.15, 0.2) is 43.0 Å². The first-order valence-electron chi connectivity index (χ1n) is 9.69. The average Bonchev–Trinajstić information content (AvgIpc) is 2.71. The normalized spacial score (nSPS) is 10.7. The molecular formula is C24H25F3N2O2. The van der Waals surface area contributed by atoms with Crippen molar-refractivity contribution in [2.24, 2.45) is 0 Å². The van der Waals surface area contributed by atoms with E-state index in [2.05, 4.69) is 28.6 Å². The molecule has 0 atom stereocenters. The van der Waals surface area contributed by atoms with Crippen LogP contribution in [0.25, 0.3) is 11.1 Å². The Labute approximate surface area is 180 Å². The Balaban J connectivity index is 2.62. The van der Waals surface area contributed by atoms with E-state index in [9.17, 15) is 18.0 Å². The van der Waals surface area contributed by atoms with E-state index in [4.69, 9.17) is 0 Å². The van der Waals surface area contributed by atoms with Crippen molar-refractivity contribution in [3.8, 4) is 28.8 Å². The molecule has 0 saturated carbocycles. The van der Waals surface area contributed by atoms with Crippen LogP contribution in [-0.2, 0) is 17.8 Å². The van der Waals surface area contributed by atoms with Gasteiger partial charge in [0.15, 0.2) is 0 Å². The van der Waals surface area contributed by atoms with E-state index in [0.29, 0.717) is 6.42 Å². The lowest BCUT2D eigenvalue weighted by atomic mass is 9.90. The Kier molecular flexibility index (Phi) is 7.76. The predicted molar refractivity (Wildman–Crippen MR) is 117 cm³/mol. The van der Waals surface area contributed by atoms with Gasteiger partial charge in [-0.1, -0.05) is 31.6 Å². The van der Waals surface area contributed by atoms with Crippen LogP contribution in [0.4, 0.5) is 18.9 Å². The van der Waals surface area contributed by atoms with E-state index in [1.54, 1.807) is 19.1 Å². The number of anilines is 1. The van der Waals surface area contributed by atoms with Crippen LogP contribution >= 0.6 is 0 Å². The van der Waals surface area contributed by atoms with Crippen LogP contribution in [-0.4, -0.2) is 19.3 Å². The largest absolute Gasteiger partial charge is 0.573 e. The first-order chi connectivity index (χ1) is 14.6. The lowest BCUT2D eigenvalue weighted by Crippen LogP contribution is -2.22. The highest BCUT2D eigenvalue weighted by Gasteiger charge is 2.31. The SMILES string of the molecule is C=CC(=O)NCc1cc(-c2ccc(OC(F)(F)F)cc2)c(C)c(N(C)C#CC)c1CC. The Morgan fingerprint density at radius 2 is 1.94 bits per heavy atom. The number of alkyl halides is 3. The number of carbonyl (C=O) groups is 1. The number of nitrogens with one attached hydrogen (secondary N) is 1. The average molecular weight is 430 g/mol. The maximum atomic E-state index is 12.5. The van der Waals surface area contributed by atoms with Gasteiger partial charge in [-0.25, -0.2) is 0 Å². The van der Waals surface area contributed by atoms with E-state index in [1.165, 1.54) is 18.2 Å². The number of rotatable bonds is 7. The third-order valence-corrected chi connectivity index (χ3v) is 4.76. The Bertz CT molecular complexity index is 1020. The maximum Gasteiger partial charge on any atom is 0.573 e. The van der Waals surface area contributed by atoms with E-state index in [1.807, 2.05) is 31.9 Å². The molecular weight excluding hydrogens is 405 g/mol. The van der Waals surface area contributed by atoms with Crippen molar-refractivity contribution in [2.75, 3.05) is 11.9 Å². The zero-order valence-corrected chi connectivity index (χ0v) is 18.0. The monoisotopic (exact) mass is 430 g/mol. The molecule has 0 aliphatic rings. The van der Waals surface area contributed by atoms with Gasteiger partial charge in [0.2, 0.25) is 5.91 Å². The quantitative estimate of drug-likeness (QED) is 0.366.